The van der Waals surface area contributed by atoms with Crippen LogP contribution in [0.4, 0.5) is 0 Å². The van der Waals surface area contributed by atoms with Gasteiger partial charge in [0.1, 0.15) is 5.75 Å². The molecule has 0 heterocycles. The van der Waals surface area contributed by atoms with Crippen LogP contribution >= 0.6 is 0 Å². The number of ether oxygens (including phenoxy) is 1. The molecule has 0 aromatic heterocycles. The number of hydrogen-bond acceptors (Lipinski definition) is 3. The summed E-state index contributed by atoms with van der Waals surface area (Å²) in [4.78, 5) is 2.49. The summed E-state index contributed by atoms with van der Waals surface area (Å²) in [5.74, 6) is 0.653. The lowest BCUT2D eigenvalue weighted by Crippen LogP contribution is -2.23. The van der Waals surface area contributed by atoms with Crippen molar-refractivity contribution in [1.82, 2.24) is 4.90 Å². The molecule has 5 heteroatoms. The second kappa shape index (κ2) is 7.51. The highest BCUT2D eigenvalue weighted by atomic mass is 32.2. The molecule has 1 aromatic carbocycles. The Hall–Kier alpha value is -0.910. The van der Waals surface area contributed by atoms with Crippen LogP contribution in [-0.2, 0) is 11.1 Å². The predicted octanol–water partition coefficient (Wildman–Crippen LogP) is 2.38. The first-order chi connectivity index (χ1) is 8.52. The molecule has 1 aromatic rings. The van der Waals surface area contributed by atoms with Crippen molar-refractivity contribution >= 4 is 11.1 Å². The topological polar surface area (TPSA) is 49.8 Å². The van der Waals surface area contributed by atoms with Crippen LogP contribution in [0.2, 0.25) is 0 Å². The van der Waals surface area contributed by atoms with Gasteiger partial charge in [0.25, 0.3) is 0 Å². The lowest BCUT2D eigenvalue weighted by atomic mass is 10.2. The van der Waals surface area contributed by atoms with Crippen LogP contribution in [0.15, 0.2) is 29.2 Å². The zero-order valence-corrected chi connectivity index (χ0v) is 11.9. The highest BCUT2D eigenvalue weighted by Crippen LogP contribution is 2.18. The Kier molecular flexibility index (Phi) is 6.32. The second-order valence-corrected chi connectivity index (χ2v) is 5.43. The normalized spacial score (nSPS) is 14.5. The minimum atomic E-state index is -1.96. The second-order valence-electron chi connectivity index (χ2n) is 4.46. The lowest BCUT2D eigenvalue weighted by Gasteiger charge is -2.19. The molecule has 1 N–H and O–H groups in total. The Morgan fingerprint density at radius 1 is 1.44 bits per heavy atom. The van der Waals surface area contributed by atoms with Crippen molar-refractivity contribution in [2.45, 2.75) is 30.8 Å². The minimum Gasteiger partial charge on any atom is -0.490 e. The largest absolute Gasteiger partial charge is 0.490 e. The van der Waals surface area contributed by atoms with E-state index in [0.717, 1.165) is 19.4 Å². The zero-order valence-electron chi connectivity index (χ0n) is 11.1. The molecule has 0 aliphatic rings. The first-order valence-corrected chi connectivity index (χ1v) is 7.16. The summed E-state index contributed by atoms with van der Waals surface area (Å²) in [7, 11) is 4.06. The molecule has 0 spiro atoms. The predicted molar refractivity (Wildman–Crippen MR) is 73.4 cm³/mol. The van der Waals surface area contributed by atoms with Gasteiger partial charge in [-0.05, 0) is 45.1 Å². The number of hydrogen-bond donors (Lipinski definition) is 1. The summed E-state index contributed by atoms with van der Waals surface area (Å²) in [5.41, 5.74) is 0. The fourth-order valence-corrected chi connectivity index (χ4v) is 2.01. The number of rotatable bonds is 7. The van der Waals surface area contributed by atoms with Gasteiger partial charge in [-0.2, -0.15) is 0 Å². The van der Waals surface area contributed by atoms with Gasteiger partial charge in [-0.25, -0.2) is 4.21 Å². The van der Waals surface area contributed by atoms with Crippen molar-refractivity contribution in [1.29, 1.82) is 0 Å². The zero-order chi connectivity index (χ0) is 13.5. The summed E-state index contributed by atoms with van der Waals surface area (Å²) in [6.07, 6.45) is 1.99. The van der Waals surface area contributed by atoms with E-state index in [9.17, 15) is 4.21 Å². The van der Waals surface area contributed by atoms with Crippen LogP contribution in [0.1, 0.15) is 19.8 Å². The van der Waals surface area contributed by atoms with Gasteiger partial charge in [0, 0.05) is 6.54 Å². The van der Waals surface area contributed by atoms with Crippen LogP contribution in [-0.4, -0.2) is 40.4 Å². The molecular formula is C13H21NO3S. The van der Waals surface area contributed by atoms with Crippen molar-refractivity contribution < 1.29 is 13.5 Å². The molecule has 18 heavy (non-hydrogen) atoms. The molecule has 1 rings (SSSR count). The molecular weight excluding hydrogens is 250 g/mol. The van der Waals surface area contributed by atoms with Gasteiger partial charge in [-0.3, -0.25) is 0 Å². The Bertz CT molecular complexity index is 396. The standard InChI is InChI=1S/C13H21NO3S/c1-4-11(8-9-14(2)3)17-12-6-5-7-13(10-12)18(15)16/h5-7,10-11H,4,8-9H2,1-3H3,(H,15,16). The summed E-state index contributed by atoms with van der Waals surface area (Å²) in [5, 5.41) is 0. The Morgan fingerprint density at radius 2 is 2.17 bits per heavy atom. The maximum Gasteiger partial charge on any atom is 0.186 e. The molecule has 0 saturated carbocycles. The fourth-order valence-electron chi connectivity index (χ4n) is 1.60. The molecule has 0 bridgehead atoms. The van der Waals surface area contributed by atoms with E-state index in [1.807, 2.05) is 20.2 Å². The van der Waals surface area contributed by atoms with E-state index < -0.39 is 11.1 Å². The first kappa shape index (κ1) is 15.1. The third-order valence-corrected chi connectivity index (χ3v) is 3.32. The van der Waals surface area contributed by atoms with Crippen molar-refractivity contribution in [2.75, 3.05) is 20.6 Å². The van der Waals surface area contributed by atoms with E-state index in [2.05, 4.69) is 11.8 Å². The molecule has 0 aliphatic heterocycles. The van der Waals surface area contributed by atoms with Gasteiger partial charge in [0.05, 0.1) is 11.0 Å². The number of nitrogens with zero attached hydrogens (tertiary/aromatic N) is 1. The quantitative estimate of drug-likeness (QED) is 0.774. The van der Waals surface area contributed by atoms with Crippen molar-refractivity contribution in [3.05, 3.63) is 24.3 Å². The Labute approximate surface area is 111 Å². The molecule has 2 unspecified atom stereocenters. The molecule has 102 valence electrons. The first-order valence-electron chi connectivity index (χ1n) is 6.05. The van der Waals surface area contributed by atoms with Crippen LogP contribution in [0, 0.1) is 0 Å². The average Bonchev–Trinajstić information content (AvgIpc) is 2.34. The SMILES string of the molecule is CCC(CCN(C)C)Oc1cccc(S(=O)O)c1. The van der Waals surface area contributed by atoms with E-state index in [1.165, 1.54) is 0 Å². The highest BCUT2D eigenvalue weighted by molar-refractivity contribution is 7.79. The van der Waals surface area contributed by atoms with Crippen LogP contribution in [0.25, 0.3) is 0 Å². The van der Waals surface area contributed by atoms with Gasteiger partial charge in [-0.15, -0.1) is 0 Å². The summed E-state index contributed by atoms with van der Waals surface area (Å²) in [6, 6.07) is 6.78. The molecule has 2 atom stereocenters. The third-order valence-electron chi connectivity index (χ3n) is 2.66. The smallest absolute Gasteiger partial charge is 0.186 e. The minimum absolute atomic E-state index is 0.134. The lowest BCUT2D eigenvalue weighted by molar-refractivity contribution is 0.172. The highest BCUT2D eigenvalue weighted by Gasteiger charge is 2.10. The van der Waals surface area contributed by atoms with Crippen molar-refractivity contribution in [3.8, 4) is 5.75 Å². The average molecular weight is 271 g/mol. The van der Waals surface area contributed by atoms with Crippen LogP contribution in [0.5, 0.6) is 5.75 Å². The van der Waals surface area contributed by atoms with Crippen molar-refractivity contribution in [2.24, 2.45) is 0 Å². The van der Waals surface area contributed by atoms with E-state index in [4.69, 9.17) is 9.29 Å². The monoisotopic (exact) mass is 271 g/mol. The fraction of sp³-hybridized carbons (Fsp3) is 0.538. The number of benzene rings is 1. The molecule has 0 fully saturated rings. The van der Waals surface area contributed by atoms with Crippen molar-refractivity contribution in [3.63, 3.8) is 0 Å². The van der Waals surface area contributed by atoms with Gasteiger partial charge < -0.3 is 14.2 Å². The van der Waals surface area contributed by atoms with E-state index >= 15 is 0 Å². The Morgan fingerprint density at radius 3 is 2.72 bits per heavy atom. The summed E-state index contributed by atoms with van der Waals surface area (Å²) >= 11 is -1.96. The van der Waals surface area contributed by atoms with Gasteiger partial charge in [0.2, 0.25) is 0 Å². The van der Waals surface area contributed by atoms with Gasteiger partial charge >= 0.3 is 0 Å². The van der Waals surface area contributed by atoms with Gasteiger partial charge in [0.15, 0.2) is 11.1 Å². The molecule has 0 amide bonds. The van der Waals surface area contributed by atoms with Crippen LogP contribution in [0.3, 0.4) is 0 Å². The molecule has 0 radical (unpaired) electrons. The molecule has 4 nitrogen and oxygen atoms in total. The molecule has 0 saturated heterocycles. The van der Waals surface area contributed by atoms with Gasteiger partial charge in [-0.1, -0.05) is 13.0 Å². The third kappa shape index (κ3) is 5.16. The van der Waals surface area contributed by atoms with E-state index in [0.29, 0.717) is 10.6 Å². The maximum atomic E-state index is 11.0. The summed E-state index contributed by atoms with van der Waals surface area (Å²) in [6.45, 7) is 3.04. The van der Waals surface area contributed by atoms with Crippen LogP contribution < -0.4 is 4.74 Å². The Balaban J connectivity index is 2.63. The molecule has 0 aliphatic carbocycles. The van der Waals surface area contributed by atoms with E-state index in [-0.39, 0.29) is 6.10 Å². The maximum absolute atomic E-state index is 11.0. The van der Waals surface area contributed by atoms with E-state index in [1.54, 1.807) is 18.2 Å². The summed E-state index contributed by atoms with van der Waals surface area (Å²) < 4.78 is 25.8.